The van der Waals surface area contributed by atoms with Gasteiger partial charge in [0.2, 0.25) is 5.91 Å². The van der Waals surface area contributed by atoms with E-state index in [0.29, 0.717) is 19.3 Å². The number of hydrogen-bond acceptors (Lipinski definition) is 5. The minimum Gasteiger partial charge on any atom is -0.462 e. The van der Waals surface area contributed by atoms with Gasteiger partial charge in [-0.3, -0.25) is 9.59 Å². The first-order valence-corrected chi connectivity index (χ1v) is 26.8. The molecule has 0 rings (SSSR count). The highest BCUT2D eigenvalue weighted by atomic mass is 16.5. The lowest BCUT2D eigenvalue weighted by Crippen LogP contribution is -2.46. The first-order valence-electron chi connectivity index (χ1n) is 26.8. The summed E-state index contributed by atoms with van der Waals surface area (Å²) in [6, 6.07) is -0.738. The smallest absolute Gasteiger partial charge is 0.306 e. The first-order chi connectivity index (χ1) is 32.5. The molecule has 0 aliphatic heterocycles. The van der Waals surface area contributed by atoms with Gasteiger partial charge in [-0.2, -0.15) is 0 Å². The van der Waals surface area contributed by atoms with E-state index < -0.39 is 18.2 Å². The molecule has 0 fully saturated rings. The van der Waals surface area contributed by atoms with Gasteiger partial charge in [0.25, 0.3) is 0 Å². The van der Waals surface area contributed by atoms with Crippen molar-refractivity contribution < 1.29 is 24.5 Å². The number of rotatable bonds is 46. The van der Waals surface area contributed by atoms with E-state index in [-0.39, 0.29) is 24.9 Å². The van der Waals surface area contributed by atoms with Crippen LogP contribution >= 0.6 is 0 Å². The van der Waals surface area contributed by atoms with Crippen LogP contribution < -0.4 is 5.32 Å². The number of aliphatic hydroxyl groups excluding tert-OH is 2. The number of allylic oxidation sites excluding steroid dienone is 20. The topological polar surface area (TPSA) is 95.9 Å². The van der Waals surface area contributed by atoms with Crippen LogP contribution in [-0.2, 0) is 14.3 Å². The van der Waals surface area contributed by atoms with Crippen LogP contribution in [0.3, 0.4) is 0 Å². The van der Waals surface area contributed by atoms with Crippen molar-refractivity contribution in [2.24, 2.45) is 0 Å². The van der Waals surface area contributed by atoms with E-state index >= 15 is 0 Å². The van der Waals surface area contributed by atoms with Gasteiger partial charge in [-0.1, -0.05) is 251 Å². The average molecular weight is 914 g/mol. The average Bonchev–Trinajstić information content (AvgIpc) is 3.31. The predicted octanol–water partition coefficient (Wildman–Crippen LogP) is 16.5. The van der Waals surface area contributed by atoms with Gasteiger partial charge in [-0.25, -0.2) is 0 Å². The van der Waals surface area contributed by atoms with E-state index in [0.717, 1.165) is 89.9 Å². The van der Waals surface area contributed by atoms with Gasteiger partial charge in [0.15, 0.2) is 0 Å². The molecule has 0 heterocycles. The summed E-state index contributed by atoms with van der Waals surface area (Å²) in [4.78, 5) is 26.2. The summed E-state index contributed by atoms with van der Waals surface area (Å²) >= 11 is 0. The van der Waals surface area contributed by atoms with Crippen LogP contribution in [0, 0.1) is 0 Å². The first kappa shape index (κ1) is 62.3. The van der Waals surface area contributed by atoms with E-state index in [1.54, 1.807) is 0 Å². The third-order valence-electron chi connectivity index (χ3n) is 11.4. The molecule has 0 radical (unpaired) electrons. The van der Waals surface area contributed by atoms with Gasteiger partial charge in [-0.15, -0.1) is 0 Å². The number of hydrogen-bond donors (Lipinski definition) is 3. The fraction of sp³-hybridized carbons (Fsp3) is 0.633. The van der Waals surface area contributed by atoms with Crippen molar-refractivity contribution in [3.63, 3.8) is 0 Å². The van der Waals surface area contributed by atoms with Gasteiger partial charge in [0.05, 0.1) is 25.2 Å². The second-order valence-corrected chi connectivity index (χ2v) is 17.7. The second kappa shape index (κ2) is 52.2. The molecule has 0 saturated heterocycles. The van der Waals surface area contributed by atoms with Crippen molar-refractivity contribution >= 4 is 11.9 Å². The highest BCUT2D eigenvalue weighted by Crippen LogP contribution is 2.17. The van der Waals surface area contributed by atoms with Crippen LogP contribution in [0.15, 0.2) is 122 Å². The molecule has 0 aliphatic carbocycles. The number of carbonyl (C=O) groups excluding carboxylic acids is 2. The highest BCUT2D eigenvalue weighted by molar-refractivity contribution is 5.77. The van der Waals surface area contributed by atoms with E-state index in [1.807, 2.05) is 60.8 Å². The van der Waals surface area contributed by atoms with Crippen LogP contribution in [0.2, 0.25) is 0 Å². The number of esters is 1. The molecule has 3 unspecified atom stereocenters. The summed E-state index contributed by atoms with van der Waals surface area (Å²) in [7, 11) is 0. The maximum atomic E-state index is 13.2. The monoisotopic (exact) mass is 914 g/mol. The number of carbonyl (C=O) groups is 2. The van der Waals surface area contributed by atoms with Crippen LogP contribution in [-0.4, -0.2) is 46.9 Å². The Bertz CT molecular complexity index is 1390. The summed E-state index contributed by atoms with van der Waals surface area (Å²) in [5.74, 6) is -0.590. The molecule has 0 aromatic heterocycles. The van der Waals surface area contributed by atoms with Gasteiger partial charge >= 0.3 is 5.97 Å². The van der Waals surface area contributed by atoms with Crippen LogP contribution in [0.25, 0.3) is 0 Å². The zero-order valence-corrected chi connectivity index (χ0v) is 42.5. The zero-order valence-electron chi connectivity index (χ0n) is 42.5. The molecule has 0 saturated carbocycles. The quantitative estimate of drug-likeness (QED) is 0.0245. The molecule has 0 bridgehead atoms. The molecular weight excluding hydrogens is 815 g/mol. The van der Waals surface area contributed by atoms with Crippen LogP contribution in [0.1, 0.15) is 220 Å². The summed E-state index contributed by atoms with van der Waals surface area (Å²) in [5, 5.41) is 23.8. The Kier molecular flexibility index (Phi) is 49.3. The molecule has 66 heavy (non-hydrogen) atoms. The van der Waals surface area contributed by atoms with Gasteiger partial charge in [0, 0.05) is 6.42 Å². The van der Waals surface area contributed by atoms with Crippen molar-refractivity contribution in [3.05, 3.63) is 122 Å². The van der Waals surface area contributed by atoms with E-state index in [1.165, 1.54) is 83.5 Å². The molecule has 3 N–H and O–H groups in total. The zero-order chi connectivity index (χ0) is 48.1. The van der Waals surface area contributed by atoms with Gasteiger partial charge < -0.3 is 20.3 Å². The molecule has 6 nitrogen and oxygen atoms in total. The number of amides is 1. The standard InChI is InChI=1S/C60H99NO5/c1-4-7-10-13-16-19-22-25-28-30-32-35-38-41-44-47-50-53-60(65)66-56(51-48-45-42-39-36-33-27-24-21-18-15-12-9-6-3)54-59(64)61-57(55-62)58(63)52-49-46-43-40-37-34-31-29-26-23-20-17-14-11-8-5-2/h7,9-10,12-13,16,18-19,21-22,25,27-28,30,32-33,35,38-39,42,56-58,62-63H,4-6,8,11,14-15,17,20,23-24,26,29,31,34,36-37,40-41,43-55H2,1-3H3,(H,61,64)/b10-7-,12-9+,16-13+,21-18+,22-19+,28-25-,32-30+,33-27+,38-35+,42-39+. The highest BCUT2D eigenvalue weighted by Gasteiger charge is 2.24. The van der Waals surface area contributed by atoms with Gasteiger partial charge in [-0.05, 0) is 77.0 Å². The fourth-order valence-corrected chi connectivity index (χ4v) is 7.46. The summed E-state index contributed by atoms with van der Waals surface area (Å²) in [6.07, 6.45) is 72.6. The Morgan fingerprint density at radius 2 is 0.909 bits per heavy atom. The Morgan fingerprint density at radius 3 is 1.42 bits per heavy atom. The Balaban J connectivity index is 4.74. The molecule has 374 valence electrons. The molecule has 3 atom stereocenters. The molecule has 0 aromatic carbocycles. The minimum absolute atomic E-state index is 0.0136. The Morgan fingerprint density at radius 1 is 0.470 bits per heavy atom. The van der Waals surface area contributed by atoms with Crippen molar-refractivity contribution in [3.8, 4) is 0 Å². The SMILES string of the molecule is CC\C=C/C=C/C=C/C=C\C=C\C=C\CCCCCC(=O)OC(CCC/C=C/C/C=C/C/C=C/C/C=C/CC)CC(=O)NC(CO)C(O)CCCCCCCCCCCCCCCCCC. The molecule has 6 heteroatoms. The minimum atomic E-state index is -0.819. The van der Waals surface area contributed by atoms with Crippen molar-refractivity contribution in [2.75, 3.05) is 6.61 Å². The molecule has 0 aliphatic rings. The number of nitrogens with one attached hydrogen (secondary N) is 1. The number of aliphatic hydroxyl groups is 2. The van der Waals surface area contributed by atoms with Gasteiger partial charge in [0.1, 0.15) is 6.10 Å². The molecule has 1 amide bonds. The van der Waals surface area contributed by atoms with Crippen molar-refractivity contribution in [2.45, 2.75) is 238 Å². The fourth-order valence-electron chi connectivity index (χ4n) is 7.46. The lowest BCUT2D eigenvalue weighted by Gasteiger charge is -2.24. The van der Waals surface area contributed by atoms with Crippen LogP contribution in [0.4, 0.5) is 0 Å². The van der Waals surface area contributed by atoms with Crippen LogP contribution in [0.5, 0.6) is 0 Å². The van der Waals surface area contributed by atoms with Crippen molar-refractivity contribution in [1.29, 1.82) is 0 Å². The summed E-state index contributed by atoms with van der Waals surface area (Å²) < 4.78 is 5.89. The third kappa shape index (κ3) is 46.8. The van der Waals surface area contributed by atoms with Crippen molar-refractivity contribution in [1.82, 2.24) is 5.32 Å². The molecule has 0 spiro atoms. The Hall–Kier alpha value is -3.74. The maximum absolute atomic E-state index is 13.2. The number of unbranched alkanes of at least 4 members (excludes halogenated alkanes) is 19. The predicted molar refractivity (Wildman–Crippen MR) is 286 cm³/mol. The maximum Gasteiger partial charge on any atom is 0.306 e. The number of ether oxygens (including phenoxy) is 1. The normalized spacial score (nSPS) is 14.2. The second-order valence-electron chi connectivity index (χ2n) is 17.7. The summed E-state index contributed by atoms with van der Waals surface area (Å²) in [5.41, 5.74) is 0. The lowest BCUT2D eigenvalue weighted by atomic mass is 10.0. The summed E-state index contributed by atoms with van der Waals surface area (Å²) in [6.45, 7) is 6.20. The van der Waals surface area contributed by atoms with E-state index in [9.17, 15) is 19.8 Å². The molecule has 0 aromatic rings. The molecular formula is C60H99NO5. The largest absolute Gasteiger partial charge is 0.462 e. The Labute approximate surface area is 406 Å². The van der Waals surface area contributed by atoms with E-state index in [4.69, 9.17) is 4.74 Å². The lowest BCUT2D eigenvalue weighted by molar-refractivity contribution is -0.151. The third-order valence-corrected chi connectivity index (χ3v) is 11.4. The van der Waals surface area contributed by atoms with E-state index in [2.05, 4.69) is 86.8 Å².